The maximum absolute atomic E-state index is 12.4. The van der Waals surface area contributed by atoms with Crippen molar-refractivity contribution in [3.63, 3.8) is 0 Å². The quantitative estimate of drug-likeness (QED) is 0.681. The number of phenols is 1. The number of rotatable bonds is 2. The molecule has 3 aromatic rings. The van der Waals surface area contributed by atoms with E-state index in [2.05, 4.69) is 17.6 Å². The molecule has 7 heteroatoms. The van der Waals surface area contributed by atoms with Crippen LogP contribution in [0.3, 0.4) is 0 Å². The topological polar surface area (TPSA) is 71.7 Å². The Balaban J connectivity index is 2.01. The summed E-state index contributed by atoms with van der Waals surface area (Å²) in [6.07, 6.45) is 0. The molecule has 118 valence electrons. The summed E-state index contributed by atoms with van der Waals surface area (Å²) in [5, 5.41) is 11.3. The molecular formula is C17H10N2O3S2. The van der Waals surface area contributed by atoms with Crippen molar-refractivity contribution >= 4 is 35.4 Å². The minimum absolute atomic E-state index is 0.0461. The molecule has 2 heterocycles. The number of hydrogen-bond donors (Lipinski definition) is 2. The first kappa shape index (κ1) is 14.9. The number of hydrogen-bond acceptors (Lipinski definition) is 5. The average molecular weight is 354 g/mol. The predicted molar refractivity (Wildman–Crippen MR) is 93.6 cm³/mol. The van der Waals surface area contributed by atoms with Crippen LogP contribution in [-0.2, 0) is 4.79 Å². The van der Waals surface area contributed by atoms with Crippen molar-refractivity contribution in [1.29, 1.82) is 0 Å². The monoisotopic (exact) mass is 354 g/mol. The number of thiol groups is 1. The zero-order valence-corrected chi connectivity index (χ0v) is 13.8. The lowest BCUT2D eigenvalue weighted by Gasteiger charge is -2.05. The van der Waals surface area contributed by atoms with E-state index in [-0.39, 0.29) is 16.5 Å². The number of aromatic hydroxyl groups is 1. The second-order valence-corrected chi connectivity index (χ2v) is 6.57. The zero-order valence-electron chi connectivity index (χ0n) is 12.1. The fraction of sp³-hybridized carbons (Fsp3) is 0. The van der Waals surface area contributed by atoms with Gasteiger partial charge in [-0.05, 0) is 18.2 Å². The third-order valence-corrected chi connectivity index (χ3v) is 5.24. The molecule has 0 unspecified atom stereocenters. The highest BCUT2D eigenvalue weighted by Crippen LogP contribution is 2.28. The van der Waals surface area contributed by atoms with Crippen LogP contribution in [-0.4, -0.2) is 15.6 Å². The lowest BCUT2D eigenvalue weighted by atomic mass is 10.1. The van der Waals surface area contributed by atoms with Gasteiger partial charge in [-0.1, -0.05) is 35.6 Å². The molecule has 0 atom stereocenters. The second kappa shape index (κ2) is 5.47. The highest BCUT2D eigenvalue weighted by atomic mass is 32.1. The third kappa shape index (κ3) is 2.21. The fourth-order valence-corrected chi connectivity index (χ4v) is 4.14. The van der Waals surface area contributed by atoms with Crippen LogP contribution in [0, 0.1) is 0 Å². The summed E-state index contributed by atoms with van der Waals surface area (Å²) in [4.78, 5) is 29.0. The molecule has 5 nitrogen and oxygen atoms in total. The molecule has 1 aromatic heterocycles. The van der Waals surface area contributed by atoms with Crippen molar-refractivity contribution in [3.8, 4) is 11.4 Å². The lowest BCUT2D eigenvalue weighted by Crippen LogP contribution is -2.22. The number of aromatic nitrogens is 1. The van der Waals surface area contributed by atoms with Crippen molar-refractivity contribution in [1.82, 2.24) is 4.57 Å². The van der Waals surface area contributed by atoms with Gasteiger partial charge in [0.05, 0.1) is 26.5 Å². The van der Waals surface area contributed by atoms with E-state index in [4.69, 9.17) is 0 Å². The Kier molecular flexibility index (Phi) is 3.40. The smallest absolute Gasteiger partial charge is 0.313 e. The van der Waals surface area contributed by atoms with E-state index in [9.17, 15) is 14.7 Å². The molecule has 0 saturated carbocycles. The van der Waals surface area contributed by atoms with Crippen LogP contribution in [0.5, 0.6) is 5.75 Å². The summed E-state index contributed by atoms with van der Waals surface area (Å²) < 4.78 is 1.37. The van der Waals surface area contributed by atoms with E-state index >= 15 is 0 Å². The van der Waals surface area contributed by atoms with Crippen molar-refractivity contribution < 1.29 is 9.90 Å². The van der Waals surface area contributed by atoms with Gasteiger partial charge in [0.2, 0.25) is 0 Å². The third-order valence-electron chi connectivity index (χ3n) is 3.71. The molecule has 0 fully saturated rings. The molecule has 0 saturated heterocycles. The SMILES string of the molecule is O=C1N=c2ccccc2=C1c1sc(=O)n(-c2cccc(O)c2)c1S. The van der Waals surface area contributed by atoms with Gasteiger partial charge in [-0.2, -0.15) is 0 Å². The second-order valence-electron chi connectivity index (χ2n) is 5.19. The highest BCUT2D eigenvalue weighted by Gasteiger charge is 2.25. The molecule has 4 rings (SSSR count). The first-order chi connectivity index (χ1) is 11.6. The van der Waals surface area contributed by atoms with E-state index in [0.29, 0.717) is 31.7 Å². The van der Waals surface area contributed by atoms with Crippen LogP contribution in [0.1, 0.15) is 4.88 Å². The number of para-hydroxylation sites is 1. The Morgan fingerprint density at radius 3 is 2.67 bits per heavy atom. The number of amides is 1. The van der Waals surface area contributed by atoms with Crippen molar-refractivity contribution in [3.05, 3.63) is 73.7 Å². The molecule has 1 aliphatic heterocycles. The summed E-state index contributed by atoms with van der Waals surface area (Å²) in [5.74, 6) is -0.333. The maximum Gasteiger partial charge on any atom is 0.313 e. The number of nitrogens with zero attached hydrogens (tertiary/aromatic N) is 2. The minimum Gasteiger partial charge on any atom is -0.508 e. The molecule has 0 aliphatic carbocycles. The molecule has 1 N–H and O–H groups in total. The van der Waals surface area contributed by atoms with Gasteiger partial charge in [0.25, 0.3) is 5.91 Å². The van der Waals surface area contributed by atoms with Crippen LogP contribution in [0.2, 0.25) is 0 Å². The maximum atomic E-state index is 12.4. The van der Waals surface area contributed by atoms with Crippen molar-refractivity contribution in [2.24, 2.45) is 4.99 Å². The van der Waals surface area contributed by atoms with E-state index in [1.807, 2.05) is 6.07 Å². The van der Waals surface area contributed by atoms with Gasteiger partial charge in [-0.15, -0.1) is 12.6 Å². The lowest BCUT2D eigenvalue weighted by molar-refractivity contribution is -0.112. The summed E-state index contributed by atoms with van der Waals surface area (Å²) in [6, 6.07) is 13.5. The fourth-order valence-electron chi connectivity index (χ4n) is 2.67. The Morgan fingerprint density at radius 2 is 1.88 bits per heavy atom. The van der Waals surface area contributed by atoms with Crippen LogP contribution >= 0.6 is 24.0 Å². The molecule has 0 bridgehead atoms. The zero-order chi connectivity index (χ0) is 16.8. The van der Waals surface area contributed by atoms with Crippen molar-refractivity contribution in [2.75, 3.05) is 0 Å². The van der Waals surface area contributed by atoms with Crippen LogP contribution in [0.15, 0.2) is 63.3 Å². The van der Waals surface area contributed by atoms with Gasteiger partial charge in [0.15, 0.2) is 0 Å². The van der Waals surface area contributed by atoms with Gasteiger partial charge in [0.1, 0.15) is 5.75 Å². The van der Waals surface area contributed by atoms with Gasteiger partial charge in [-0.25, -0.2) is 4.99 Å². The summed E-state index contributed by atoms with van der Waals surface area (Å²) in [5.41, 5.74) is 0.875. The van der Waals surface area contributed by atoms with Gasteiger partial charge < -0.3 is 5.11 Å². The number of phenolic OH excluding ortho intramolecular Hbond substituents is 1. The van der Waals surface area contributed by atoms with Gasteiger partial charge in [0, 0.05) is 11.3 Å². The highest BCUT2D eigenvalue weighted by molar-refractivity contribution is 7.80. The number of fused-ring (bicyclic) bond motifs is 1. The molecule has 24 heavy (non-hydrogen) atoms. The molecule has 0 spiro atoms. The van der Waals surface area contributed by atoms with Gasteiger partial charge >= 0.3 is 4.87 Å². The van der Waals surface area contributed by atoms with Gasteiger partial charge in [-0.3, -0.25) is 14.2 Å². The summed E-state index contributed by atoms with van der Waals surface area (Å²) in [7, 11) is 0. The Bertz CT molecular complexity index is 1180. The summed E-state index contributed by atoms with van der Waals surface area (Å²) in [6.45, 7) is 0. The number of carbonyl (C=O) groups excluding carboxylic acids is 1. The van der Waals surface area contributed by atoms with Crippen LogP contribution in [0.25, 0.3) is 11.3 Å². The predicted octanol–water partition coefficient (Wildman–Crippen LogP) is 1.25. The standard InChI is InChI=1S/C17H10N2O3S2/c20-10-5-3-4-9(8-10)19-16(23)14(24-17(19)22)13-11-6-1-2-7-12(11)18-15(13)21/h1-8,20,23H. The van der Waals surface area contributed by atoms with Crippen LogP contribution in [0.4, 0.5) is 0 Å². The van der Waals surface area contributed by atoms with E-state index in [0.717, 1.165) is 11.3 Å². The van der Waals surface area contributed by atoms with E-state index in [1.165, 1.54) is 16.7 Å². The molecular weight excluding hydrogens is 344 g/mol. The van der Waals surface area contributed by atoms with Crippen LogP contribution < -0.4 is 15.4 Å². The number of thiazole rings is 1. The minimum atomic E-state index is -0.379. The Labute approximate surface area is 145 Å². The first-order valence-corrected chi connectivity index (χ1v) is 8.29. The molecule has 1 aliphatic rings. The molecule has 2 aromatic carbocycles. The normalized spacial score (nSPS) is 13.0. The number of carbonyl (C=O) groups is 1. The Morgan fingerprint density at radius 1 is 1.08 bits per heavy atom. The number of benzene rings is 2. The van der Waals surface area contributed by atoms with E-state index in [1.54, 1.807) is 30.3 Å². The largest absolute Gasteiger partial charge is 0.508 e. The Hall–Kier alpha value is -2.64. The molecule has 0 radical (unpaired) electrons. The van der Waals surface area contributed by atoms with Crippen molar-refractivity contribution in [2.45, 2.75) is 5.03 Å². The first-order valence-electron chi connectivity index (χ1n) is 7.03. The average Bonchev–Trinajstić information content (AvgIpc) is 3.02. The summed E-state index contributed by atoms with van der Waals surface area (Å²) >= 11 is 5.40. The molecule has 1 amide bonds. The van der Waals surface area contributed by atoms with E-state index < -0.39 is 0 Å².